The predicted molar refractivity (Wildman–Crippen MR) is 98.1 cm³/mol. The summed E-state index contributed by atoms with van der Waals surface area (Å²) in [4.78, 5) is 17.2. The summed E-state index contributed by atoms with van der Waals surface area (Å²) in [5.41, 5.74) is -1.93. The number of hydrogen-bond acceptors (Lipinski definition) is 3. The van der Waals surface area contributed by atoms with E-state index in [1.165, 1.54) is 17.0 Å². The van der Waals surface area contributed by atoms with Crippen molar-refractivity contribution >= 4 is 6.09 Å². The van der Waals surface area contributed by atoms with Crippen molar-refractivity contribution in [2.75, 3.05) is 6.54 Å². The SMILES string of the molecule is CC(C)(C)OC(=O)N1CCc2c(nc(C(F)(F)F)n2Cc2ccccc2C(F)(F)F)C1. The minimum atomic E-state index is -4.87. The summed E-state index contributed by atoms with van der Waals surface area (Å²) in [6, 6.07) is 4.49. The molecule has 11 heteroatoms. The molecular weight excluding hydrogens is 428 g/mol. The second-order valence-electron chi connectivity index (χ2n) is 8.22. The van der Waals surface area contributed by atoms with Crippen LogP contribution in [-0.2, 0) is 36.6 Å². The predicted octanol–water partition coefficient (Wildman–Crippen LogP) is 5.26. The normalized spacial score (nSPS) is 15.1. The van der Waals surface area contributed by atoms with E-state index in [0.717, 1.165) is 16.7 Å². The Morgan fingerprint density at radius 2 is 1.71 bits per heavy atom. The molecule has 1 aliphatic heterocycles. The fraction of sp³-hybridized carbons (Fsp3) is 0.500. The lowest BCUT2D eigenvalue weighted by Gasteiger charge is -2.30. The van der Waals surface area contributed by atoms with Crippen molar-refractivity contribution in [2.45, 2.75) is 58.2 Å². The van der Waals surface area contributed by atoms with Crippen molar-refractivity contribution in [3.8, 4) is 0 Å². The lowest BCUT2D eigenvalue weighted by atomic mass is 10.1. The molecule has 1 aromatic heterocycles. The molecule has 170 valence electrons. The molecule has 0 spiro atoms. The first-order valence-corrected chi connectivity index (χ1v) is 9.45. The molecule has 0 fully saturated rings. The Balaban J connectivity index is 1.98. The minimum absolute atomic E-state index is 0.00563. The number of ether oxygens (including phenoxy) is 1. The number of carbonyl (C=O) groups is 1. The average Bonchev–Trinajstić information content (AvgIpc) is 2.98. The summed E-state index contributed by atoms with van der Waals surface area (Å²) < 4.78 is 86.9. The van der Waals surface area contributed by atoms with E-state index in [9.17, 15) is 31.1 Å². The largest absolute Gasteiger partial charge is 0.449 e. The summed E-state index contributed by atoms with van der Waals surface area (Å²) in [7, 11) is 0. The van der Waals surface area contributed by atoms with Gasteiger partial charge >= 0.3 is 18.4 Å². The van der Waals surface area contributed by atoms with Crippen LogP contribution in [0.5, 0.6) is 0 Å². The quantitative estimate of drug-likeness (QED) is 0.588. The highest BCUT2D eigenvalue weighted by atomic mass is 19.4. The molecule has 0 saturated heterocycles. The number of rotatable bonds is 2. The summed E-state index contributed by atoms with van der Waals surface area (Å²) in [5.74, 6) is -1.29. The molecular formula is C20H21F6N3O2. The van der Waals surface area contributed by atoms with Crippen LogP contribution in [0.2, 0.25) is 0 Å². The number of benzene rings is 1. The first kappa shape index (κ1) is 23.0. The van der Waals surface area contributed by atoms with E-state index in [0.29, 0.717) is 0 Å². The van der Waals surface area contributed by atoms with Crippen molar-refractivity contribution in [3.63, 3.8) is 0 Å². The van der Waals surface area contributed by atoms with Crippen LogP contribution >= 0.6 is 0 Å². The Kier molecular flexibility index (Phi) is 5.74. The molecule has 0 N–H and O–H groups in total. The van der Waals surface area contributed by atoms with Crippen molar-refractivity contribution in [1.82, 2.24) is 14.5 Å². The lowest BCUT2D eigenvalue weighted by molar-refractivity contribution is -0.147. The van der Waals surface area contributed by atoms with Gasteiger partial charge in [0, 0.05) is 25.2 Å². The van der Waals surface area contributed by atoms with E-state index in [-0.39, 0.29) is 36.5 Å². The van der Waals surface area contributed by atoms with Gasteiger partial charge in [-0.3, -0.25) is 0 Å². The minimum Gasteiger partial charge on any atom is -0.444 e. The van der Waals surface area contributed by atoms with Crippen molar-refractivity contribution in [1.29, 1.82) is 0 Å². The maximum absolute atomic E-state index is 13.6. The Morgan fingerprint density at radius 1 is 1.06 bits per heavy atom. The topological polar surface area (TPSA) is 47.4 Å². The van der Waals surface area contributed by atoms with Gasteiger partial charge in [-0.05, 0) is 32.4 Å². The highest BCUT2D eigenvalue weighted by Gasteiger charge is 2.41. The molecule has 0 aliphatic carbocycles. The van der Waals surface area contributed by atoms with Crippen LogP contribution in [0.3, 0.4) is 0 Å². The number of nitrogens with zero attached hydrogens (tertiary/aromatic N) is 3. The van der Waals surface area contributed by atoms with E-state index in [4.69, 9.17) is 4.74 Å². The molecule has 0 unspecified atom stereocenters. The molecule has 31 heavy (non-hydrogen) atoms. The van der Waals surface area contributed by atoms with E-state index in [1.807, 2.05) is 0 Å². The Bertz CT molecular complexity index is 973. The van der Waals surface area contributed by atoms with Crippen LogP contribution < -0.4 is 0 Å². The maximum Gasteiger partial charge on any atom is 0.449 e. The van der Waals surface area contributed by atoms with E-state index < -0.39 is 42.0 Å². The summed E-state index contributed by atoms with van der Waals surface area (Å²) in [6.45, 7) is 4.19. The number of alkyl halides is 6. The molecule has 0 saturated carbocycles. The third-order valence-corrected chi connectivity index (χ3v) is 4.67. The van der Waals surface area contributed by atoms with E-state index in [1.54, 1.807) is 20.8 Å². The van der Waals surface area contributed by atoms with Gasteiger partial charge in [0.2, 0.25) is 5.82 Å². The van der Waals surface area contributed by atoms with Crippen LogP contribution in [0.25, 0.3) is 0 Å². The van der Waals surface area contributed by atoms with Crippen molar-refractivity contribution < 1.29 is 35.9 Å². The first-order chi connectivity index (χ1) is 14.2. The Hall–Kier alpha value is -2.72. The fourth-order valence-electron chi connectivity index (χ4n) is 3.42. The number of imidazole rings is 1. The van der Waals surface area contributed by atoms with Gasteiger partial charge in [0.1, 0.15) is 5.60 Å². The highest BCUT2D eigenvalue weighted by Crippen LogP contribution is 2.36. The summed E-state index contributed by atoms with van der Waals surface area (Å²) in [5, 5.41) is 0. The second kappa shape index (κ2) is 7.76. The molecule has 1 aliphatic rings. The third kappa shape index (κ3) is 5.13. The second-order valence-corrected chi connectivity index (χ2v) is 8.22. The van der Waals surface area contributed by atoms with Gasteiger partial charge in [0.25, 0.3) is 0 Å². The summed E-state index contributed by atoms with van der Waals surface area (Å²) >= 11 is 0. The van der Waals surface area contributed by atoms with E-state index >= 15 is 0 Å². The Morgan fingerprint density at radius 3 is 2.29 bits per heavy atom. The smallest absolute Gasteiger partial charge is 0.444 e. The highest BCUT2D eigenvalue weighted by molar-refractivity contribution is 5.68. The lowest BCUT2D eigenvalue weighted by Crippen LogP contribution is -2.40. The number of halogens is 6. The third-order valence-electron chi connectivity index (χ3n) is 4.67. The summed E-state index contributed by atoms with van der Waals surface area (Å²) in [6.07, 6.45) is -10.3. The molecule has 2 aromatic rings. The van der Waals surface area contributed by atoms with Gasteiger partial charge in [0.05, 0.1) is 17.8 Å². The van der Waals surface area contributed by atoms with Crippen LogP contribution in [-0.4, -0.2) is 32.7 Å². The molecule has 0 bridgehead atoms. The van der Waals surface area contributed by atoms with Gasteiger partial charge < -0.3 is 14.2 Å². The molecule has 0 atom stereocenters. The molecule has 3 rings (SSSR count). The van der Waals surface area contributed by atoms with Crippen LogP contribution in [0.1, 0.15) is 49.1 Å². The number of hydrogen-bond donors (Lipinski definition) is 0. The Labute approximate surface area is 174 Å². The molecule has 1 amide bonds. The number of carbonyl (C=O) groups excluding carboxylic acids is 1. The maximum atomic E-state index is 13.6. The zero-order chi connectivity index (χ0) is 23.2. The van der Waals surface area contributed by atoms with E-state index in [2.05, 4.69) is 4.98 Å². The zero-order valence-corrected chi connectivity index (χ0v) is 17.1. The number of aromatic nitrogens is 2. The van der Waals surface area contributed by atoms with Crippen molar-refractivity contribution in [3.05, 3.63) is 52.6 Å². The fourth-order valence-corrected chi connectivity index (χ4v) is 3.42. The van der Waals surface area contributed by atoms with Crippen LogP contribution in [0.4, 0.5) is 31.1 Å². The monoisotopic (exact) mass is 449 g/mol. The number of amides is 1. The molecule has 0 radical (unpaired) electrons. The van der Waals surface area contributed by atoms with Crippen LogP contribution in [0.15, 0.2) is 24.3 Å². The zero-order valence-electron chi connectivity index (χ0n) is 17.1. The average molecular weight is 449 g/mol. The molecule has 2 heterocycles. The van der Waals surface area contributed by atoms with Gasteiger partial charge in [-0.2, -0.15) is 26.3 Å². The van der Waals surface area contributed by atoms with Gasteiger partial charge in [0.15, 0.2) is 0 Å². The number of fused-ring (bicyclic) bond motifs is 1. The van der Waals surface area contributed by atoms with Gasteiger partial charge in [-0.25, -0.2) is 9.78 Å². The van der Waals surface area contributed by atoms with Crippen LogP contribution in [0, 0.1) is 0 Å². The van der Waals surface area contributed by atoms with Crippen molar-refractivity contribution in [2.24, 2.45) is 0 Å². The molecule has 1 aromatic carbocycles. The van der Waals surface area contributed by atoms with Gasteiger partial charge in [-0.15, -0.1) is 0 Å². The first-order valence-electron chi connectivity index (χ1n) is 9.45. The van der Waals surface area contributed by atoms with Gasteiger partial charge in [-0.1, -0.05) is 18.2 Å². The molecule has 5 nitrogen and oxygen atoms in total. The standard InChI is InChI=1S/C20H21F6N3O2/c1-18(2,3)31-17(30)28-9-8-15-14(11-28)27-16(20(24,25)26)29(15)10-12-6-4-5-7-13(12)19(21,22)23/h4-7H,8-11H2,1-3H3.